The molecule has 6 aliphatic rings. The van der Waals surface area contributed by atoms with Crippen molar-refractivity contribution in [3.8, 4) is 11.3 Å². The van der Waals surface area contributed by atoms with Gasteiger partial charge in [0.05, 0.1) is 36.1 Å². The minimum atomic E-state index is -3.31. The predicted molar refractivity (Wildman–Crippen MR) is 140 cm³/mol. The Hall–Kier alpha value is -1.77. The van der Waals surface area contributed by atoms with Crippen molar-refractivity contribution in [1.82, 2.24) is 14.3 Å². The van der Waals surface area contributed by atoms with Crippen molar-refractivity contribution in [3.05, 3.63) is 42.1 Å². The van der Waals surface area contributed by atoms with E-state index >= 15 is 0 Å². The first-order chi connectivity index (χ1) is 17.8. The van der Waals surface area contributed by atoms with E-state index in [2.05, 4.69) is 9.71 Å². The van der Waals surface area contributed by atoms with Crippen molar-refractivity contribution in [2.45, 2.75) is 88.8 Å². The maximum absolute atomic E-state index is 15.0. The van der Waals surface area contributed by atoms with Gasteiger partial charge in [-0.3, -0.25) is 0 Å². The summed E-state index contributed by atoms with van der Waals surface area (Å²) in [6, 6.07) is 4.91. The zero-order valence-corrected chi connectivity index (χ0v) is 22.2. The Bertz CT molecular complexity index is 1270. The summed E-state index contributed by atoms with van der Waals surface area (Å²) in [6.45, 7) is 0. The van der Waals surface area contributed by atoms with Gasteiger partial charge < -0.3 is 9.67 Å². The van der Waals surface area contributed by atoms with Crippen molar-refractivity contribution in [1.29, 1.82) is 0 Å². The molecule has 200 valence electrons. The van der Waals surface area contributed by atoms with Crippen LogP contribution < -0.4 is 4.72 Å². The molecule has 2 aromatic rings. The lowest BCUT2D eigenvalue weighted by Gasteiger charge is -2.61. The molecule has 2 heterocycles. The Morgan fingerprint density at radius 1 is 1.14 bits per heavy atom. The highest BCUT2D eigenvalue weighted by atomic mass is 32.2. The molecule has 8 heteroatoms. The summed E-state index contributed by atoms with van der Waals surface area (Å²) in [5.41, 5.74) is 2.23. The van der Waals surface area contributed by atoms with E-state index in [1.807, 2.05) is 10.6 Å². The first kappa shape index (κ1) is 24.3. The van der Waals surface area contributed by atoms with Crippen molar-refractivity contribution in [2.75, 3.05) is 5.75 Å². The fourth-order valence-corrected chi connectivity index (χ4v) is 11.1. The average molecular weight is 528 g/mol. The monoisotopic (exact) mass is 527 g/mol. The van der Waals surface area contributed by atoms with E-state index in [-0.39, 0.29) is 40.9 Å². The topological polar surface area (TPSA) is 84.2 Å². The first-order valence-electron chi connectivity index (χ1n) is 14.3. The van der Waals surface area contributed by atoms with Crippen LogP contribution in [-0.4, -0.2) is 41.0 Å². The average Bonchev–Trinajstić information content (AvgIpc) is 3.44. The van der Waals surface area contributed by atoms with E-state index in [1.54, 1.807) is 18.6 Å². The number of fused-ring (bicyclic) bond motifs is 3. The van der Waals surface area contributed by atoms with Gasteiger partial charge in [0.25, 0.3) is 0 Å². The Balaban J connectivity index is 1.09. The number of benzene rings is 1. The van der Waals surface area contributed by atoms with E-state index < -0.39 is 16.1 Å². The number of imidazole rings is 1. The van der Waals surface area contributed by atoms with Crippen LogP contribution in [0.15, 0.2) is 30.7 Å². The van der Waals surface area contributed by atoms with Gasteiger partial charge in [0.2, 0.25) is 10.0 Å². The molecule has 4 atom stereocenters. The van der Waals surface area contributed by atoms with Gasteiger partial charge in [0, 0.05) is 17.2 Å². The number of hydrogen-bond acceptors (Lipinski definition) is 4. The normalized spacial score (nSPS) is 35.5. The highest BCUT2D eigenvalue weighted by Crippen LogP contribution is 2.62. The third-order valence-electron chi connectivity index (χ3n) is 10.6. The zero-order chi connectivity index (χ0) is 25.4. The van der Waals surface area contributed by atoms with Crippen molar-refractivity contribution in [2.24, 2.45) is 29.1 Å². The standard InChI is InChI=1S/C29H38FN3O3S/c30-23-8-4-7-22-25-15-31-17-33(25)24(27(22)23)11-26(34)29-12-19-9-20(13-29)28(21(10-19)14-29)32-37(35,36)16-18-5-2-1-3-6-18/h4,7-8,15,17-21,24,26,28,32,34H,1-3,5-6,9-14,16H2. The van der Waals surface area contributed by atoms with Gasteiger partial charge in [-0.05, 0) is 86.5 Å². The zero-order valence-electron chi connectivity index (χ0n) is 21.4. The van der Waals surface area contributed by atoms with Crippen LogP contribution in [0, 0.1) is 34.9 Å². The highest BCUT2D eigenvalue weighted by Gasteiger charge is 2.58. The van der Waals surface area contributed by atoms with Crippen molar-refractivity contribution in [3.63, 3.8) is 0 Å². The maximum Gasteiger partial charge on any atom is 0.212 e. The molecule has 0 spiro atoms. The van der Waals surface area contributed by atoms with E-state index in [4.69, 9.17) is 0 Å². The first-order valence-corrected chi connectivity index (χ1v) is 16.0. The number of aliphatic hydroxyl groups is 1. The lowest BCUT2D eigenvalue weighted by atomic mass is 9.46. The Labute approximate surface area is 219 Å². The number of aromatic nitrogens is 2. The molecule has 2 N–H and O–H groups in total. The van der Waals surface area contributed by atoms with Crippen LogP contribution in [0.4, 0.5) is 4.39 Å². The second-order valence-corrected chi connectivity index (χ2v) is 14.7. The summed E-state index contributed by atoms with van der Waals surface area (Å²) in [7, 11) is -3.31. The lowest BCUT2D eigenvalue weighted by molar-refractivity contribution is -0.134. The molecular weight excluding hydrogens is 489 g/mol. The number of nitrogens with zero attached hydrogens (tertiary/aromatic N) is 2. The Morgan fingerprint density at radius 3 is 2.65 bits per heavy atom. The minimum Gasteiger partial charge on any atom is -0.392 e. The van der Waals surface area contributed by atoms with E-state index in [0.717, 1.165) is 69.0 Å². The second-order valence-electron chi connectivity index (χ2n) is 12.9. The molecule has 1 aromatic heterocycles. The Kier molecular flexibility index (Phi) is 5.83. The molecule has 5 fully saturated rings. The van der Waals surface area contributed by atoms with Gasteiger partial charge in [0.1, 0.15) is 5.82 Å². The van der Waals surface area contributed by atoms with Gasteiger partial charge in [-0.1, -0.05) is 31.4 Å². The number of aliphatic hydroxyl groups excluding tert-OH is 1. The summed E-state index contributed by atoms with van der Waals surface area (Å²) in [4.78, 5) is 4.30. The van der Waals surface area contributed by atoms with Crippen LogP contribution in [0.3, 0.4) is 0 Å². The summed E-state index contributed by atoms with van der Waals surface area (Å²) in [6.07, 6.45) is 13.8. The fourth-order valence-electron chi connectivity index (χ4n) is 9.30. The van der Waals surface area contributed by atoms with E-state index in [1.165, 1.54) is 12.5 Å². The van der Waals surface area contributed by atoms with Gasteiger partial charge in [0.15, 0.2) is 0 Å². The smallest absolute Gasteiger partial charge is 0.212 e. The molecule has 0 radical (unpaired) electrons. The maximum atomic E-state index is 15.0. The van der Waals surface area contributed by atoms with Gasteiger partial charge in [-0.2, -0.15) is 0 Å². The number of rotatable bonds is 7. The summed E-state index contributed by atoms with van der Waals surface area (Å²) < 4.78 is 46.5. The highest BCUT2D eigenvalue weighted by molar-refractivity contribution is 7.89. The summed E-state index contributed by atoms with van der Waals surface area (Å²) in [5.74, 6) is 1.43. The molecule has 1 aliphatic heterocycles. The van der Waals surface area contributed by atoms with Crippen LogP contribution in [0.2, 0.25) is 0 Å². The summed E-state index contributed by atoms with van der Waals surface area (Å²) in [5, 5.41) is 11.8. The van der Waals surface area contributed by atoms with Crippen LogP contribution in [0.25, 0.3) is 11.3 Å². The van der Waals surface area contributed by atoms with Gasteiger partial charge >= 0.3 is 0 Å². The lowest BCUT2D eigenvalue weighted by Crippen LogP contribution is -2.62. The molecular formula is C29H38FN3O3S. The molecule has 1 aromatic carbocycles. The third kappa shape index (κ3) is 4.09. The largest absolute Gasteiger partial charge is 0.392 e. The van der Waals surface area contributed by atoms with Crippen LogP contribution >= 0.6 is 0 Å². The molecule has 37 heavy (non-hydrogen) atoms. The SMILES string of the molecule is O=S(=O)(CC1CCCCC1)NC1C2CC3CC1CC(C(O)CC1c4c(F)cccc4-c4cncn41)(C3)C2. The number of nitrogens with one attached hydrogen (secondary N) is 1. The molecule has 4 bridgehead atoms. The number of hydrogen-bond donors (Lipinski definition) is 2. The molecule has 4 unspecified atom stereocenters. The second kappa shape index (κ2) is 8.88. The fraction of sp³-hybridized carbons (Fsp3) is 0.690. The molecule has 6 nitrogen and oxygen atoms in total. The van der Waals surface area contributed by atoms with Crippen LogP contribution in [0.5, 0.6) is 0 Å². The molecule has 0 saturated heterocycles. The van der Waals surface area contributed by atoms with E-state index in [9.17, 15) is 17.9 Å². The number of halogens is 1. The number of sulfonamides is 1. The summed E-state index contributed by atoms with van der Waals surface area (Å²) >= 11 is 0. The quantitative estimate of drug-likeness (QED) is 0.529. The van der Waals surface area contributed by atoms with Crippen molar-refractivity contribution >= 4 is 10.0 Å². The third-order valence-corrected chi connectivity index (χ3v) is 12.2. The van der Waals surface area contributed by atoms with E-state index in [0.29, 0.717) is 23.8 Å². The molecule has 8 rings (SSSR count). The molecule has 5 saturated carbocycles. The predicted octanol–water partition coefficient (Wildman–Crippen LogP) is 5.04. The van der Waals surface area contributed by atoms with Crippen LogP contribution in [-0.2, 0) is 10.0 Å². The van der Waals surface area contributed by atoms with Crippen LogP contribution in [0.1, 0.15) is 82.2 Å². The molecule has 5 aliphatic carbocycles. The van der Waals surface area contributed by atoms with Gasteiger partial charge in [-0.25, -0.2) is 22.5 Å². The van der Waals surface area contributed by atoms with Crippen molar-refractivity contribution < 1.29 is 17.9 Å². The Morgan fingerprint density at radius 2 is 1.89 bits per heavy atom. The molecule has 0 amide bonds. The minimum absolute atomic E-state index is 0.00429. The van der Waals surface area contributed by atoms with Gasteiger partial charge in [-0.15, -0.1) is 0 Å².